The molecule has 0 radical (unpaired) electrons. The Kier molecular flexibility index (Phi) is 4.22. The normalized spacial score (nSPS) is 12.3. The number of aromatic nitrogens is 1. The van der Waals surface area contributed by atoms with Crippen LogP contribution in [-0.4, -0.2) is 11.2 Å². The smallest absolute Gasteiger partial charge is 0.0856 e. The zero-order valence-corrected chi connectivity index (χ0v) is 12.1. The van der Waals surface area contributed by atoms with Crippen molar-refractivity contribution < 1.29 is 0 Å². The highest BCUT2D eigenvalue weighted by molar-refractivity contribution is 5.85. The van der Waals surface area contributed by atoms with E-state index in [0.717, 1.165) is 22.0 Å². The Morgan fingerprint density at radius 1 is 1.05 bits per heavy atom. The average Bonchev–Trinajstić information content (AvgIpc) is 2.59. The summed E-state index contributed by atoms with van der Waals surface area (Å²) < 4.78 is 0. The van der Waals surface area contributed by atoms with Gasteiger partial charge >= 0.3 is 0 Å². The molecule has 0 saturated heterocycles. The molecular formula is C19H15N3. The van der Waals surface area contributed by atoms with Crippen molar-refractivity contribution in [2.75, 3.05) is 0 Å². The number of fused-ring (bicyclic) bond motifs is 1. The van der Waals surface area contributed by atoms with Crippen LogP contribution >= 0.6 is 0 Å². The number of benzene rings is 2. The quantitative estimate of drug-likeness (QED) is 0.670. The second kappa shape index (κ2) is 6.64. The van der Waals surface area contributed by atoms with Gasteiger partial charge in [-0.3, -0.25) is 9.98 Å². The number of hydrogen-bond acceptors (Lipinski definition) is 3. The van der Waals surface area contributed by atoms with E-state index >= 15 is 0 Å². The Morgan fingerprint density at radius 3 is 2.64 bits per heavy atom. The monoisotopic (exact) mass is 285 g/mol. The Bertz CT molecular complexity index is 827. The van der Waals surface area contributed by atoms with Crippen molar-refractivity contribution in [3.63, 3.8) is 0 Å². The molecule has 2 aromatic carbocycles. The second-order valence-corrected chi connectivity index (χ2v) is 5.07. The van der Waals surface area contributed by atoms with Gasteiger partial charge in [0.05, 0.1) is 17.7 Å². The summed E-state index contributed by atoms with van der Waals surface area (Å²) >= 11 is 0. The number of rotatable bonds is 4. The maximum absolute atomic E-state index is 9.38. The minimum atomic E-state index is -0.271. The molecule has 0 bridgehead atoms. The van der Waals surface area contributed by atoms with E-state index in [1.807, 2.05) is 60.9 Å². The summed E-state index contributed by atoms with van der Waals surface area (Å²) in [5, 5.41) is 11.6. The summed E-state index contributed by atoms with van der Waals surface area (Å²) in [5.74, 6) is -0.271. The molecule has 1 heterocycles. The third-order valence-electron chi connectivity index (χ3n) is 3.52. The van der Waals surface area contributed by atoms with E-state index in [1.54, 1.807) is 6.21 Å². The first-order chi connectivity index (χ1) is 10.9. The fraction of sp³-hybridized carbons (Fsp3) is 0.105. The van der Waals surface area contributed by atoms with Gasteiger partial charge in [0.15, 0.2) is 0 Å². The van der Waals surface area contributed by atoms with Gasteiger partial charge in [-0.2, -0.15) is 5.26 Å². The maximum Gasteiger partial charge on any atom is 0.0856 e. The van der Waals surface area contributed by atoms with E-state index in [2.05, 4.69) is 22.1 Å². The third kappa shape index (κ3) is 3.18. The number of para-hydroxylation sites is 1. The van der Waals surface area contributed by atoms with Gasteiger partial charge < -0.3 is 0 Å². The maximum atomic E-state index is 9.38. The van der Waals surface area contributed by atoms with E-state index in [0.29, 0.717) is 6.42 Å². The van der Waals surface area contributed by atoms with Crippen LogP contribution in [0.15, 0.2) is 72.0 Å². The van der Waals surface area contributed by atoms with Crippen molar-refractivity contribution in [3.8, 4) is 6.07 Å². The van der Waals surface area contributed by atoms with Crippen LogP contribution in [0.3, 0.4) is 0 Å². The summed E-state index contributed by atoms with van der Waals surface area (Å²) in [5.41, 5.74) is 1.93. The van der Waals surface area contributed by atoms with Crippen LogP contribution in [0.5, 0.6) is 0 Å². The molecule has 3 heteroatoms. The van der Waals surface area contributed by atoms with Crippen LogP contribution in [0.2, 0.25) is 0 Å². The van der Waals surface area contributed by atoms with Gasteiger partial charge in [-0.25, -0.2) is 0 Å². The molecule has 0 aliphatic carbocycles. The van der Waals surface area contributed by atoms with E-state index in [-0.39, 0.29) is 5.92 Å². The number of nitrogens with zero attached hydrogens (tertiary/aromatic N) is 3. The molecule has 0 fully saturated rings. The fourth-order valence-electron chi connectivity index (χ4n) is 2.40. The molecule has 1 atom stereocenters. The standard InChI is InChI=1S/C19H15N3/c20-11-15(12-22-18-7-2-1-3-8-18)10-17-14-21-13-16-6-4-5-9-19(16)17/h1-9,12-15H,10H2. The van der Waals surface area contributed by atoms with Crippen molar-refractivity contribution >= 4 is 22.7 Å². The molecule has 0 amide bonds. The largest absolute Gasteiger partial charge is 0.264 e. The van der Waals surface area contributed by atoms with E-state index in [4.69, 9.17) is 0 Å². The van der Waals surface area contributed by atoms with Crippen LogP contribution in [0, 0.1) is 17.2 Å². The molecule has 1 unspecified atom stereocenters. The zero-order valence-electron chi connectivity index (χ0n) is 12.1. The lowest BCUT2D eigenvalue weighted by atomic mass is 9.98. The van der Waals surface area contributed by atoms with Gasteiger partial charge in [-0.1, -0.05) is 42.5 Å². The molecule has 0 saturated carbocycles. The Morgan fingerprint density at radius 2 is 1.82 bits per heavy atom. The molecule has 0 spiro atoms. The molecule has 0 aliphatic heterocycles. The second-order valence-electron chi connectivity index (χ2n) is 5.07. The van der Waals surface area contributed by atoms with Crippen LogP contribution in [0.4, 0.5) is 5.69 Å². The fourth-order valence-corrected chi connectivity index (χ4v) is 2.40. The number of aliphatic imine (C=N–C) groups is 1. The van der Waals surface area contributed by atoms with Crippen molar-refractivity contribution in [2.24, 2.45) is 10.9 Å². The lowest BCUT2D eigenvalue weighted by molar-refractivity contribution is 0.881. The first-order valence-electron chi connectivity index (χ1n) is 7.17. The molecular weight excluding hydrogens is 270 g/mol. The zero-order chi connectivity index (χ0) is 15.2. The Hall–Kier alpha value is -2.99. The molecule has 3 aromatic rings. The Labute approximate surface area is 129 Å². The lowest BCUT2D eigenvalue weighted by Gasteiger charge is -2.07. The van der Waals surface area contributed by atoms with Gasteiger partial charge in [-0.05, 0) is 29.5 Å². The minimum Gasteiger partial charge on any atom is -0.264 e. The van der Waals surface area contributed by atoms with E-state index in [1.165, 1.54) is 0 Å². The first-order valence-corrected chi connectivity index (χ1v) is 7.17. The molecule has 22 heavy (non-hydrogen) atoms. The van der Waals surface area contributed by atoms with Crippen LogP contribution < -0.4 is 0 Å². The predicted molar refractivity (Wildman–Crippen MR) is 89.1 cm³/mol. The molecule has 0 N–H and O–H groups in total. The van der Waals surface area contributed by atoms with Crippen molar-refractivity contribution in [2.45, 2.75) is 6.42 Å². The van der Waals surface area contributed by atoms with Crippen LogP contribution in [-0.2, 0) is 6.42 Å². The first kappa shape index (κ1) is 14.0. The van der Waals surface area contributed by atoms with Gasteiger partial charge in [0, 0.05) is 24.0 Å². The molecule has 3 nitrogen and oxygen atoms in total. The van der Waals surface area contributed by atoms with Crippen molar-refractivity contribution in [3.05, 3.63) is 72.6 Å². The molecule has 1 aromatic heterocycles. The summed E-state index contributed by atoms with van der Waals surface area (Å²) in [6.07, 6.45) is 6.01. The summed E-state index contributed by atoms with van der Waals surface area (Å²) in [6.45, 7) is 0. The number of hydrogen-bond donors (Lipinski definition) is 0. The lowest BCUT2D eigenvalue weighted by Crippen LogP contribution is -2.04. The molecule has 106 valence electrons. The molecule has 0 aliphatic rings. The summed E-state index contributed by atoms with van der Waals surface area (Å²) in [7, 11) is 0. The van der Waals surface area contributed by atoms with Crippen molar-refractivity contribution in [1.82, 2.24) is 4.98 Å². The Balaban J connectivity index is 1.83. The topological polar surface area (TPSA) is 49.0 Å². The van der Waals surface area contributed by atoms with E-state index in [9.17, 15) is 5.26 Å². The van der Waals surface area contributed by atoms with Gasteiger partial charge in [0.2, 0.25) is 0 Å². The average molecular weight is 285 g/mol. The number of pyridine rings is 1. The van der Waals surface area contributed by atoms with Gasteiger partial charge in [0.1, 0.15) is 0 Å². The summed E-state index contributed by atoms with van der Waals surface area (Å²) in [4.78, 5) is 8.65. The van der Waals surface area contributed by atoms with E-state index < -0.39 is 0 Å². The SMILES string of the molecule is N#CC(C=Nc1ccccc1)Cc1cncc2ccccc12. The van der Waals surface area contributed by atoms with Gasteiger partial charge in [-0.15, -0.1) is 0 Å². The predicted octanol–water partition coefficient (Wildman–Crippen LogP) is 4.32. The van der Waals surface area contributed by atoms with Crippen molar-refractivity contribution in [1.29, 1.82) is 5.26 Å². The van der Waals surface area contributed by atoms with Gasteiger partial charge in [0.25, 0.3) is 0 Å². The van der Waals surface area contributed by atoms with Crippen LogP contribution in [0.25, 0.3) is 10.8 Å². The number of nitriles is 1. The highest BCUT2D eigenvalue weighted by atomic mass is 14.7. The highest BCUT2D eigenvalue weighted by Crippen LogP contribution is 2.20. The molecule has 3 rings (SSSR count). The van der Waals surface area contributed by atoms with Crippen LogP contribution in [0.1, 0.15) is 5.56 Å². The highest BCUT2D eigenvalue weighted by Gasteiger charge is 2.09. The summed E-state index contributed by atoms with van der Waals surface area (Å²) in [6, 6.07) is 20.1. The third-order valence-corrected chi connectivity index (χ3v) is 3.52. The minimum absolute atomic E-state index is 0.271.